The fourth-order valence-electron chi connectivity index (χ4n) is 3.59. The molecule has 0 fully saturated rings. The number of nitrogens with one attached hydrogen (secondary N) is 2. The van der Waals surface area contributed by atoms with Gasteiger partial charge in [0, 0.05) is 6.54 Å². The molecule has 4 rings (SSSR count). The molecule has 0 radical (unpaired) electrons. The molecule has 0 saturated heterocycles. The quantitative estimate of drug-likeness (QED) is 0.252. The molecule has 0 unspecified atom stereocenters. The number of methoxy groups -OCH3 is 1. The van der Waals surface area contributed by atoms with E-state index in [9.17, 15) is 18.3 Å². The second-order valence-corrected chi connectivity index (χ2v) is 12.2. The number of ether oxygens (including phenoxy) is 1. The molecule has 0 aliphatic carbocycles. The monoisotopic (exact) mass is 588 g/mol. The van der Waals surface area contributed by atoms with E-state index in [4.69, 9.17) is 16.3 Å². The Balaban J connectivity index is 0.00000253. The predicted octanol–water partition coefficient (Wildman–Crippen LogP) is 1.11. The largest absolute Gasteiger partial charge is 1.00 e. The second kappa shape index (κ2) is 12.1. The fraction of sp³-hybridized carbons (Fsp3) is 0.250. The maximum Gasteiger partial charge on any atom is 1.00 e. The Morgan fingerprint density at radius 2 is 1.89 bits per heavy atom. The van der Waals surface area contributed by atoms with Gasteiger partial charge in [0.2, 0.25) is 0 Å². The number of fused-ring (bicyclic) bond motifs is 1. The van der Waals surface area contributed by atoms with Gasteiger partial charge in [-0.3, -0.25) is 14.2 Å². The summed E-state index contributed by atoms with van der Waals surface area (Å²) in [5, 5.41) is 17.6. The molecule has 37 heavy (non-hydrogen) atoms. The van der Waals surface area contributed by atoms with Crippen LogP contribution in [0.4, 0.5) is 5.82 Å². The van der Waals surface area contributed by atoms with Crippen LogP contribution in [0.25, 0.3) is 10.9 Å². The van der Waals surface area contributed by atoms with Crippen molar-refractivity contribution in [3.8, 4) is 5.75 Å². The van der Waals surface area contributed by atoms with E-state index >= 15 is 0 Å². The minimum atomic E-state index is -3.91. The number of benzene rings is 2. The zero-order chi connectivity index (χ0) is 26.1. The average molecular weight is 589 g/mol. The third-order valence-electron chi connectivity index (χ3n) is 5.34. The zero-order valence-corrected chi connectivity index (χ0v) is 26.3. The van der Waals surface area contributed by atoms with E-state index in [1.54, 1.807) is 16.8 Å². The molecule has 9 nitrogen and oxygen atoms in total. The number of carbonyl (C=O) groups excluding carboxylic acids is 1. The molecule has 4 aromatic rings. The number of sulfonamides is 1. The van der Waals surface area contributed by atoms with Crippen LogP contribution in [0.1, 0.15) is 26.4 Å². The topological polar surface area (TPSA) is 123 Å². The molecule has 192 valence electrons. The van der Waals surface area contributed by atoms with Crippen LogP contribution in [0.5, 0.6) is 5.75 Å². The molecule has 0 saturated carbocycles. The van der Waals surface area contributed by atoms with E-state index in [1.165, 1.54) is 33.1 Å². The third-order valence-corrected chi connectivity index (χ3v) is 8.40. The van der Waals surface area contributed by atoms with Crippen molar-refractivity contribution in [1.82, 2.24) is 15.1 Å². The van der Waals surface area contributed by atoms with E-state index in [-0.39, 0.29) is 69.4 Å². The fourth-order valence-corrected chi connectivity index (χ4v) is 6.08. The van der Waals surface area contributed by atoms with Crippen LogP contribution in [-0.2, 0) is 27.9 Å². The van der Waals surface area contributed by atoms with E-state index in [0.717, 1.165) is 22.5 Å². The average Bonchev–Trinajstić information content (AvgIpc) is 3.41. The van der Waals surface area contributed by atoms with E-state index in [1.807, 2.05) is 30.3 Å². The van der Waals surface area contributed by atoms with Gasteiger partial charge >= 0.3 is 51.4 Å². The number of anilines is 1. The Hall–Kier alpha value is -1.48. The molecule has 0 bridgehead atoms. The minimum Gasteiger partial charge on any atom is -1.00 e. The molecule has 2 heterocycles. The number of rotatable bonds is 9. The van der Waals surface area contributed by atoms with E-state index in [2.05, 4.69) is 15.1 Å². The van der Waals surface area contributed by atoms with Crippen LogP contribution in [0, 0.1) is 0 Å². The smallest absolute Gasteiger partial charge is 1.00 e. The number of aromatic nitrogens is 2. The summed E-state index contributed by atoms with van der Waals surface area (Å²) in [5.41, 5.74) is 0.936. The third kappa shape index (κ3) is 7.14. The second-order valence-electron chi connectivity index (χ2n) is 8.59. The van der Waals surface area contributed by atoms with Gasteiger partial charge in [-0.2, -0.15) is 5.10 Å². The first kappa shape index (κ1) is 30.1. The summed E-state index contributed by atoms with van der Waals surface area (Å²) in [6.45, 7) is 3.44. The molecule has 3 N–H and O–H groups in total. The molecular weight excluding hydrogens is 563 g/mol. The summed E-state index contributed by atoms with van der Waals surface area (Å²) in [5.74, 6) is 0.145. The Bertz CT molecular complexity index is 1540. The standard InChI is InChI=1S/C24H25ClN4O5S2.K.H/c1-24(2,31)23(30)26-13-15-6-4-7-16(12-15)14-29-17-8-5-9-18(34-3)21(17)22(27-29)28-36(32,33)20-11-10-19(25)35-20;;/h4-12,31H,13-14H2,1-3H3,(H,26,30)(H,27,28);;/q;+1;-1. The van der Waals surface area contributed by atoms with Crippen molar-refractivity contribution in [2.75, 3.05) is 11.8 Å². The van der Waals surface area contributed by atoms with Crippen LogP contribution in [0.3, 0.4) is 0 Å². The van der Waals surface area contributed by atoms with Gasteiger partial charge in [-0.1, -0.05) is 41.9 Å². The van der Waals surface area contributed by atoms with E-state index < -0.39 is 21.5 Å². The zero-order valence-electron chi connectivity index (χ0n) is 21.8. The van der Waals surface area contributed by atoms with Crippen LogP contribution < -0.4 is 66.2 Å². The van der Waals surface area contributed by atoms with Gasteiger partial charge in [0.15, 0.2) is 5.82 Å². The molecule has 0 aliphatic heterocycles. The number of halogens is 1. The number of hydrogen-bond donors (Lipinski definition) is 3. The first-order chi connectivity index (χ1) is 17.0. The van der Waals surface area contributed by atoms with Gasteiger partial charge in [-0.25, -0.2) is 8.42 Å². The van der Waals surface area contributed by atoms with Crippen molar-refractivity contribution in [2.45, 2.75) is 36.7 Å². The van der Waals surface area contributed by atoms with Crippen molar-refractivity contribution in [3.63, 3.8) is 0 Å². The summed E-state index contributed by atoms with van der Waals surface area (Å²) in [6.07, 6.45) is 0. The summed E-state index contributed by atoms with van der Waals surface area (Å²) >= 11 is 6.88. The first-order valence-corrected chi connectivity index (χ1v) is 13.6. The number of aliphatic hydroxyl groups is 1. The number of hydrogen-bond acceptors (Lipinski definition) is 7. The van der Waals surface area contributed by atoms with Crippen molar-refractivity contribution in [3.05, 3.63) is 70.1 Å². The Morgan fingerprint density at radius 1 is 1.19 bits per heavy atom. The Kier molecular flexibility index (Phi) is 9.86. The summed E-state index contributed by atoms with van der Waals surface area (Å²) < 4.78 is 36.1. The number of carbonyl (C=O) groups is 1. The molecule has 13 heteroatoms. The molecule has 0 aliphatic rings. The predicted molar refractivity (Wildman–Crippen MR) is 141 cm³/mol. The summed E-state index contributed by atoms with van der Waals surface area (Å²) in [6, 6.07) is 15.9. The van der Waals surface area contributed by atoms with Gasteiger partial charge in [0.1, 0.15) is 15.6 Å². The maximum atomic E-state index is 13.0. The Labute approximate surface area is 268 Å². The van der Waals surface area contributed by atoms with Gasteiger partial charge in [-0.15, -0.1) is 11.3 Å². The first-order valence-electron chi connectivity index (χ1n) is 10.9. The number of thiophene rings is 1. The molecule has 2 aromatic heterocycles. The Morgan fingerprint density at radius 3 is 2.54 bits per heavy atom. The molecule has 0 spiro atoms. The molecular formula is C24H26ClKN4O5S2. The van der Waals surface area contributed by atoms with Crippen LogP contribution >= 0.6 is 22.9 Å². The van der Waals surface area contributed by atoms with Gasteiger partial charge < -0.3 is 16.6 Å². The van der Waals surface area contributed by atoms with Crippen molar-refractivity contribution < 1.29 is 75.9 Å². The maximum absolute atomic E-state index is 13.0. The van der Waals surface area contributed by atoms with Crippen molar-refractivity contribution in [1.29, 1.82) is 0 Å². The van der Waals surface area contributed by atoms with Gasteiger partial charge in [0.25, 0.3) is 15.9 Å². The summed E-state index contributed by atoms with van der Waals surface area (Å²) in [4.78, 5) is 12.0. The minimum absolute atomic E-state index is 0. The normalized spacial score (nSPS) is 11.7. The van der Waals surface area contributed by atoms with Gasteiger partial charge in [0.05, 0.1) is 28.9 Å². The molecule has 1 amide bonds. The van der Waals surface area contributed by atoms with Crippen LogP contribution in [-0.4, -0.2) is 41.9 Å². The van der Waals surface area contributed by atoms with E-state index in [0.29, 0.717) is 27.5 Å². The van der Waals surface area contributed by atoms with Crippen molar-refractivity contribution >= 4 is 55.6 Å². The number of amides is 1. The van der Waals surface area contributed by atoms with Crippen LogP contribution in [0.15, 0.2) is 58.8 Å². The SMILES string of the molecule is COc1cccc2c1c(NS(=O)(=O)c1ccc(Cl)s1)nn2Cc1cccc(CNC(=O)C(C)(C)O)c1.[H-].[K+]. The number of nitrogens with zero attached hydrogens (tertiary/aromatic N) is 2. The molecule has 2 aromatic carbocycles. The molecule has 0 atom stereocenters. The van der Waals surface area contributed by atoms with Crippen molar-refractivity contribution in [2.24, 2.45) is 0 Å². The van der Waals surface area contributed by atoms with Gasteiger partial charge in [-0.05, 0) is 49.2 Å². The van der Waals surface area contributed by atoms with Crippen LogP contribution in [0.2, 0.25) is 4.34 Å². The summed E-state index contributed by atoms with van der Waals surface area (Å²) in [7, 11) is -2.40.